The molecule has 6 heteroatoms. The third-order valence-electron chi connectivity index (χ3n) is 3.01. The van der Waals surface area contributed by atoms with E-state index in [0.717, 1.165) is 29.3 Å². The van der Waals surface area contributed by atoms with E-state index in [2.05, 4.69) is 14.5 Å². The highest BCUT2D eigenvalue weighted by atomic mass is 16.7. The van der Waals surface area contributed by atoms with E-state index < -0.39 is 12.1 Å². The lowest BCUT2D eigenvalue weighted by Crippen LogP contribution is -2.14. The Hall–Kier alpha value is -2.50. The molecule has 1 aromatic heterocycles. The number of rotatable bonds is 3. The van der Waals surface area contributed by atoms with Crippen LogP contribution in [0.2, 0.25) is 0 Å². The van der Waals surface area contributed by atoms with Crippen molar-refractivity contribution < 1.29 is 23.8 Å². The van der Waals surface area contributed by atoms with Crippen LogP contribution in [0.15, 0.2) is 18.2 Å². The van der Waals surface area contributed by atoms with Gasteiger partial charge in [0.2, 0.25) is 0 Å². The summed E-state index contributed by atoms with van der Waals surface area (Å²) < 4.78 is 13.9. The van der Waals surface area contributed by atoms with Gasteiger partial charge in [-0.2, -0.15) is 0 Å². The zero-order valence-electron chi connectivity index (χ0n) is 11.5. The van der Waals surface area contributed by atoms with Crippen LogP contribution in [-0.4, -0.2) is 31.3 Å². The summed E-state index contributed by atoms with van der Waals surface area (Å²) in [5, 5.41) is 0.865. The number of ether oxygens (including phenoxy) is 3. The van der Waals surface area contributed by atoms with Crippen LogP contribution < -0.4 is 4.74 Å². The van der Waals surface area contributed by atoms with Gasteiger partial charge in [-0.1, -0.05) is 0 Å². The van der Waals surface area contributed by atoms with Crippen molar-refractivity contribution in [2.24, 2.45) is 0 Å². The minimum atomic E-state index is -1.01. The summed E-state index contributed by atoms with van der Waals surface area (Å²) in [5.41, 5.74) is 2.51. The predicted molar refractivity (Wildman–Crippen MR) is 71.8 cm³/mol. The molecule has 0 saturated carbocycles. The van der Waals surface area contributed by atoms with Crippen molar-refractivity contribution in [2.75, 3.05) is 14.2 Å². The molecule has 106 valence electrons. The molecule has 2 rings (SSSR count). The van der Waals surface area contributed by atoms with Gasteiger partial charge in [-0.25, -0.2) is 4.79 Å². The first-order valence-electron chi connectivity index (χ1n) is 5.99. The van der Waals surface area contributed by atoms with Gasteiger partial charge in [0.1, 0.15) is 5.75 Å². The molecule has 0 aliphatic carbocycles. The molecule has 0 radical (unpaired) electrons. The van der Waals surface area contributed by atoms with E-state index in [9.17, 15) is 9.59 Å². The average Bonchev–Trinajstić information content (AvgIpc) is 2.74. The summed E-state index contributed by atoms with van der Waals surface area (Å²) in [5.74, 6) is 0.0303. The van der Waals surface area contributed by atoms with Gasteiger partial charge in [-0.05, 0) is 30.7 Å². The molecular weight excluding hydrogens is 262 g/mol. The molecule has 1 aromatic carbocycles. The number of hydrogen-bond donors (Lipinski definition) is 1. The second-order valence-corrected chi connectivity index (χ2v) is 4.25. The van der Waals surface area contributed by atoms with Gasteiger partial charge >= 0.3 is 12.1 Å². The molecule has 20 heavy (non-hydrogen) atoms. The van der Waals surface area contributed by atoms with Crippen LogP contribution in [0.5, 0.6) is 5.75 Å². The maximum atomic E-state index is 11.7. The molecule has 0 fully saturated rings. The van der Waals surface area contributed by atoms with Crippen LogP contribution in [-0.2, 0) is 20.7 Å². The summed E-state index contributed by atoms with van der Waals surface area (Å²) >= 11 is 0. The number of benzene rings is 1. The van der Waals surface area contributed by atoms with E-state index in [1.807, 2.05) is 25.1 Å². The Morgan fingerprint density at radius 2 is 2.00 bits per heavy atom. The van der Waals surface area contributed by atoms with Gasteiger partial charge in [0, 0.05) is 16.6 Å². The summed E-state index contributed by atoms with van der Waals surface area (Å²) in [6.07, 6.45) is -1.03. The standard InChI is InChI=1S/C14H15NO5/c1-8-10(7-13(16)20-14(17)19-3)11-6-9(18-2)4-5-12(11)15-8/h4-6,15H,7H2,1-3H3. The van der Waals surface area contributed by atoms with Gasteiger partial charge in [-0.15, -0.1) is 0 Å². The van der Waals surface area contributed by atoms with E-state index in [1.165, 1.54) is 0 Å². The fraction of sp³-hybridized carbons (Fsp3) is 0.286. The number of H-pyrrole nitrogens is 1. The summed E-state index contributed by atoms with van der Waals surface area (Å²) in [6.45, 7) is 1.85. The number of aromatic nitrogens is 1. The lowest BCUT2D eigenvalue weighted by Gasteiger charge is -2.03. The first-order chi connectivity index (χ1) is 9.55. The SMILES string of the molecule is COC(=O)OC(=O)Cc1c(C)[nH]c2ccc(OC)cc12. The Labute approximate surface area is 115 Å². The minimum absolute atomic E-state index is 0.0197. The Morgan fingerprint density at radius 3 is 2.65 bits per heavy atom. The second kappa shape index (κ2) is 5.64. The molecule has 0 amide bonds. The monoisotopic (exact) mass is 277 g/mol. The molecule has 0 atom stereocenters. The van der Waals surface area contributed by atoms with Crippen molar-refractivity contribution in [3.8, 4) is 5.75 Å². The fourth-order valence-electron chi connectivity index (χ4n) is 2.03. The van der Waals surface area contributed by atoms with E-state index >= 15 is 0 Å². The lowest BCUT2D eigenvalue weighted by molar-refractivity contribution is -0.138. The number of carbonyl (C=O) groups excluding carboxylic acids is 2. The molecule has 1 N–H and O–H groups in total. The number of carbonyl (C=O) groups is 2. The van der Waals surface area contributed by atoms with Gasteiger partial charge in [-0.3, -0.25) is 4.79 Å². The third-order valence-corrected chi connectivity index (χ3v) is 3.01. The summed E-state index contributed by atoms with van der Waals surface area (Å²) in [4.78, 5) is 25.7. The third kappa shape index (κ3) is 2.74. The smallest absolute Gasteiger partial charge is 0.497 e. The van der Waals surface area contributed by atoms with Crippen molar-refractivity contribution in [3.63, 3.8) is 0 Å². The Balaban J connectivity index is 2.31. The lowest BCUT2D eigenvalue weighted by atomic mass is 10.1. The van der Waals surface area contributed by atoms with Crippen LogP contribution in [0.4, 0.5) is 4.79 Å². The van der Waals surface area contributed by atoms with E-state index in [0.29, 0.717) is 5.75 Å². The molecule has 0 aliphatic rings. The van der Waals surface area contributed by atoms with Gasteiger partial charge in [0.15, 0.2) is 0 Å². The zero-order chi connectivity index (χ0) is 14.7. The zero-order valence-corrected chi connectivity index (χ0v) is 11.5. The second-order valence-electron chi connectivity index (χ2n) is 4.25. The molecule has 0 bridgehead atoms. The van der Waals surface area contributed by atoms with Gasteiger partial charge in [0.05, 0.1) is 20.6 Å². The summed E-state index contributed by atoms with van der Waals surface area (Å²) in [6, 6.07) is 5.53. The molecule has 0 spiro atoms. The topological polar surface area (TPSA) is 77.6 Å². The van der Waals surface area contributed by atoms with Crippen molar-refractivity contribution in [1.82, 2.24) is 4.98 Å². The molecule has 0 unspecified atom stereocenters. The van der Waals surface area contributed by atoms with Crippen molar-refractivity contribution in [2.45, 2.75) is 13.3 Å². The number of aromatic amines is 1. The Kier molecular flexibility index (Phi) is 3.93. The van der Waals surface area contributed by atoms with Crippen LogP contribution in [0, 0.1) is 6.92 Å². The van der Waals surface area contributed by atoms with Crippen molar-refractivity contribution in [1.29, 1.82) is 0 Å². The number of methoxy groups -OCH3 is 2. The average molecular weight is 277 g/mol. The highest BCUT2D eigenvalue weighted by Gasteiger charge is 2.16. The highest BCUT2D eigenvalue weighted by molar-refractivity contribution is 5.91. The van der Waals surface area contributed by atoms with E-state index in [-0.39, 0.29) is 6.42 Å². The highest BCUT2D eigenvalue weighted by Crippen LogP contribution is 2.26. The number of hydrogen-bond acceptors (Lipinski definition) is 5. The predicted octanol–water partition coefficient (Wildman–Crippen LogP) is 2.34. The maximum Gasteiger partial charge on any atom is 0.515 e. The van der Waals surface area contributed by atoms with Crippen LogP contribution in [0.3, 0.4) is 0 Å². The molecule has 2 aromatic rings. The Morgan fingerprint density at radius 1 is 1.25 bits per heavy atom. The normalized spacial score (nSPS) is 10.3. The number of nitrogens with one attached hydrogen (secondary N) is 1. The van der Waals surface area contributed by atoms with E-state index in [1.54, 1.807) is 7.11 Å². The van der Waals surface area contributed by atoms with Crippen molar-refractivity contribution in [3.05, 3.63) is 29.5 Å². The number of aryl methyl sites for hydroxylation is 1. The van der Waals surface area contributed by atoms with Gasteiger partial charge in [0.25, 0.3) is 0 Å². The molecule has 6 nitrogen and oxygen atoms in total. The van der Waals surface area contributed by atoms with Crippen molar-refractivity contribution >= 4 is 23.0 Å². The van der Waals surface area contributed by atoms with Crippen LogP contribution >= 0.6 is 0 Å². The molecule has 0 saturated heterocycles. The quantitative estimate of drug-likeness (QED) is 0.688. The molecule has 0 aliphatic heterocycles. The van der Waals surface area contributed by atoms with Gasteiger partial charge < -0.3 is 19.2 Å². The van der Waals surface area contributed by atoms with E-state index in [4.69, 9.17) is 4.74 Å². The summed E-state index contributed by atoms with van der Waals surface area (Å²) in [7, 11) is 2.73. The van der Waals surface area contributed by atoms with Crippen LogP contribution in [0.25, 0.3) is 10.9 Å². The van der Waals surface area contributed by atoms with Crippen LogP contribution in [0.1, 0.15) is 11.3 Å². The number of esters is 1. The molecular formula is C14H15NO5. The Bertz CT molecular complexity index is 659. The first-order valence-corrected chi connectivity index (χ1v) is 5.99. The first kappa shape index (κ1) is 13.9. The largest absolute Gasteiger partial charge is 0.515 e. The number of fused-ring (bicyclic) bond motifs is 1. The minimum Gasteiger partial charge on any atom is -0.497 e. The molecule has 1 heterocycles. The maximum absolute atomic E-state index is 11.7. The fourth-order valence-corrected chi connectivity index (χ4v) is 2.03.